The van der Waals surface area contributed by atoms with Gasteiger partial charge in [0.2, 0.25) is 10.0 Å². The number of nitrogens with one attached hydrogen (secondary N) is 2. The molecule has 0 aliphatic carbocycles. The lowest BCUT2D eigenvalue weighted by atomic mass is 10.1. The van der Waals surface area contributed by atoms with Crippen LogP contribution in [-0.2, 0) is 14.8 Å². The molecule has 1 heterocycles. The molecule has 2 aromatic rings. The fourth-order valence-corrected chi connectivity index (χ4v) is 5.03. The van der Waals surface area contributed by atoms with Gasteiger partial charge in [-0.25, -0.2) is 13.1 Å². The molecule has 0 aromatic heterocycles. The molecule has 3 rings (SSSR count). The number of ether oxygens (including phenoxy) is 1. The highest BCUT2D eigenvalue weighted by Crippen LogP contribution is 2.34. The molecule has 1 aliphatic rings. The van der Waals surface area contributed by atoms with Crippen LogP contribution in [0.3, 0.4) is 0 Å². The number of carbonyl (C=O) groups excluding carboxylic acids is 2. The zero-order chi connectivity index (χ0) is 24.9. The molecule has 0 saturated carbocycles. The van der Waals surface area contributed by atoms with Gasteiger partial charge in [0, 0.05) is 17.6 Å². The van der Waals surface area contributed by atoms with E-state index in [4.69, 9.17) is 4.74 Å². The second-order valence-corrected chi connectivity index (χ2v) is 10.2. The van der Waals surface area contributed by atoms with Crippen LogP contribution in [0.2, 0.25) is 0 Å². The molecule has 0 spiro atoms. The Hall–Kier alpha value is -2.91. The van der Waals surface area contributed by atoms with Crippen LogP contribution >= 0.6 is 0 Å². The topological polar surface area (TPSA) is 105 Å². The lowest BCUT2D eigenvalue weighted by Crippen LogP contribution is -2.52. The SMILES string of the molecule is CCC(C)NS(=O)(=O)c1ccc(C(=O)N2CC(C(=O)NC(CC)CC)Oc3ccccc32)cc1. The molecule has 1 aliphatic heterocycles. The van der Waals surface area contributed by atoms with Gasteiger partial charge in [-0.05, 0) is 62.6 Å². The fourth-order valence-electron chi connectivity index (χ4n) is 3.70. The van der Waals surface area contributed by atoms with Crippen molar-refractivity contribution in [3.63, 3.8) is 0 Å². The second kappa shape index (κ2) is 11.0. The maximum atomic E-state index is 13.4. The van der Waals surface area contributed by atoms with E-state index in [0.29, 0.717) is 23.4 Å². The van der Waals surface area contributed by atoms with E-state index in [0.717, 1.165) is 12.8 Å². The summed E-state index contributed by atoms with van der Waals surface area (Å²) >= 11 is 0. The van der Waals surface area contributed by atoms with Crippen molar-refractivity contribution in [1.82, 2.24) is 10.0 Å². The number of anilines is 1. The molecule has 0 saturated heterocycles. The Labute approximate surface area is 201 Å². The van der Waals surface area contributed by atoms with Gasteiger partial charge in [-0.2, -0.15) is 0 Å². The number of sulfonamides is 1. The van der Waals surface area contributed by atoms with Gasteiger partial charge in [-0.1, -0.05) is 32.9 Å². The van der Waals surface area contributed by atoms with Crippen molar-refractivity contribution >= 4 is 27.5 Å². The highest BCUT2D eigenvalue weighted by molar-refractivity contribution is 7.89. The summed E-state index contributed by atoms with van der Waals surface area (Å²) in [6.07, 6.45) is 1.42. The Balaban J connectivity index is 1.84. The van der Waals surface area contributed by atoms with Crippen LogP contribution in [-0.4, -0.2) is 45.0 Å². The molecule has 9 heteroatoms. The molecule has 2 aromatic carbocycles. The number of fused-ring (bicyclic) bond motifs is 1. The van der Waals surface area contributed by atoms with Gasteiger partial charge in [0.1, 0.15) is 5.75 Å². The van der Waals surface area contributed by atoms with Crippen LogP contribution in [0.1, 0.15) is 57.3 Å². The van der Waals surface area contributed by atoms with Crippen molar-refractivity contribution in [2.45, 2.75) is 70.0 Å². The highest BCUT2D eigenvalue weighted by Gasteiger charge is 2.34. The Morgan fingerprint density at radius 1 is 1.03 bits per heavy atom. The number of hydrogen-bond donors (Lipinski definition) is 2. The molecular formula is C25H33N3O5S. The van der Waals surface area contributed by atoms with Gasteiger partial charge < -0.3 is 15.0 Å². The zero-order valence-corrected chi connectivity index (χ0v) is 20.9. The van der Waals surface area contributed by atoms with Crippen molar-refractivity contribution in [3.05, 3.63) is 54.1 Å². The minimum atomic E-state index is -3.67. The van der Waals surface area contributed by atoms with Crippen LogP contribution in [0.15, 0.2) is 53.4 Å². The van der Waals surface area contributed by atoms with Crippen molar-refractivity contribution in [3.8, 4) is 5.75 Å². The monoisotopic (exact) mass is 487 g/mol. The molecule has 8 nitrogen and oxygen atoms in total. The number of benzene rings is 2. The van der Waals surface area contributed by atoms with Crippen LogP contribution in [0, 0.1) is 0 Å². The number of rotatable bonds is 9. The summed E-state index contributed by atoms with van der Waals surface area (Å²) in [5, 5.41) is 2.98. The van der Waals surface area contributed by atoms with E-state index in [1.807, 2.05) is 20.8 Å². The Kier molecular flexibility index (Phi) is 8.33. The molecule has 34 heavy (non-hydrogen) atoms. The average molecular weight is 488 g/mol. The largest absolute Gasteiger partial charge is 0.477 e. The molecule has 2 unspecified atom stereocenters. The maximum absolute atomic E-state index is 13.4. The van der Waals surface area contributed by atoms with Gasteiger partial charge in [-0.15, -0.1) is 0 Å². The van der Waals surface area contributed by atoms with Crippen LogP contribution in [0.5, 0.6) is 5.75 Å². The van der Waals surface area contributed by atoms with Crippen molar-refractivity contribution in [2.75, 3.05) is 11.4 Å². The summed E-state index contributed by atoms with van der Waals surface area (Å²) in [6.45, 7) is 7.75. The van der Waals surface area contributed by atoms with Gasteiger partial charge in [-0.3, -0.25) is 9.59 Å². The minimum absolute atomic E-state index is 0.0379. The first-order valence-electron chi connectivity index (χ1n) is 11.7. The summed E-state index contributed by atoms with van der Waals surface area (Å²) in [5.41, 5.74) is 0.882. The van der Waals surface area contributed by atoms with E-state index in [9.17, 15) is 18.0 Å². The van der Waals surface area contributed by atoms with Crippen molar-refractivity contribution in [1.29, 1.82) is 0 Å². The smallest absolute Gasteiger partial charge is 0.263 e. The third-order valence-electron chi connectivity index (χ3n) is 6.02. The van der Waals surface area contributed by atoms with Gasteiger partial charge in [0.15, 0.2) is 6.10 Å². The standard InChI is InChI=1S/C25H33N3O5S/c1-5-17(4)27-34(31,32)20-14-12-18(13-15-20)25(30)28-16-23(24(29)26-19(6-2)7-3)33-22-11-9-8-10-21(22)28/h8-15,17,19,23,27H,5-7,16H2,1-4H3,(H,26,29). The van der Waals surface area contributed by atoms with E-state index >= 15 is 0 Å². The highest BCUT2D eigenvalue weighted by atomic mass is 32.2. The van der Waals surface area contributed by atoms with E-state index in [1.165, 1.54) is 29.2 Å². The summed E-state index contributed by atoms with van der Waals surface area (Å²) < 4.78 is 33.6. The first-order valence-corrected chi connectivity index (χ1v) is 13.2. The number of nitrogens with zero attached hydrogens (tertiary/aromatic N) is 1. The zero-order valence-electron chi connectivity index (χ0n) is 20.1. The van der Waals surface area contributed by atoms with Gasteiger partial charge in [0.05, 0.1) is 17.1 Å². The third-order valence-corrected chi connectivity index (χ3v) is 7.63. The number of carbonyl (C=O) groups is 2. The number of hydrogen-bond acceptors (Lipinski definition) is 5. The Morgan fingerprint density at radius 3 is 2.29 bits per heavy atom. The van der Waals surface area contributed by atoms with Crippen LogP contribution in [0.25, 0.3) is 0 Å². The second-order valence-electron chi connectivity index (χ2n) is 8.47. The minimum Gasteiger partial charge on any atom is -0.477 e. The third kappa shape index (κ3) is 5.77. The Bertz CT molecular complexity index is 1110. The lowest BCUT2D eigenvalue weighted by molar-refractivity contribution is -0.128. The van der Waals surface area contributed by atoms with E-state index in [1.54, 1.807) is 31.2 Å². The molecule has 2 amide bonds. The maximum Gasteiger partial charge on any atom is 0.263 e. The Morgan fingerprint density at radius 2 is 1.68 bits per heavy atom. The molecular weight excluding hydrogens is 454 g/mol. The fraction of sp³-hybridized carbons (Fsp3) is 0.440. The first kappa shape index (κ1) is 25.7. The normalized spacial score (nSPS) is 16.5. The van der Waals surface area contributed by atoms with Crippen LogP contribution < -0.4 is 19.7 Å². The summed E-state index contributed by atoms with van der Waals surface area (Å²) in [6, 6.07) is 12.7. The van der Waals surface area contributed by atoms with Gasteiger partial charge in [0.25, 0.3) is 11.8 Å². The number of para-hydroxylation sites is 2. The molecule has 2 atom stereocenters. The average Bonchev–Trinajstić information content (AvgIpc) is 2.85. The summed E-state index contributed by atoms with van der Waals surface area (Å²) in [7, 11) is -3.67. The van der Waals surface area contributed by atoms with Gasteiger partial charge >= 0.3 is 0 Å². The van der Waals surface area contributed by atoms with E-state index in [2.05, 4.69) is 10.0 Å². The van der Waals surface area contributed by atoms with Crippen molar-refractivity contribution < 1.29 is 22.7 Å². The molecule has 0 bridgehead atoms. The van der Waals surface area contributed by atoms with Crippen LogP contribution in [0.4, 0.5) is 5.69 Å². The first-order chi connectivity index (χ1) is 16.2. The number of amides is 2. The molecule has 2 N–H and O–H groups in total. The summed E-state index contributed by atoms with van der Waals surface area (Å²) in [4.78, 5) is 27.9. The summed E-state index contributed by atoms with van der Waals surface area (Å²) in [5.74, 6) is -0.155. The van der Waals surface area contributed by atoms with Crippen molar-refractivity contribution in [2.24, 2.45) is 0 Å². The van der Waals surface area contributed by atoms with E-state index < -0.39 is 16.1 Å². The lowest BCUT2D eigenvalue weighted by Gasteiger charge is -2.34. The molecule has 0 radical (unpaired) electrons. The quantitative estimate of drug-likeness (QED) is 0.564. The molecule has 0 fully saturated rings. The van der Waals surface area contributed by atoms with E-state index in [-0.39, 0.29) is 35.3 Å². The molecule has 184 valence electrons. The predicted octanol–water partition coefficient (Wildman–Crippen LogP) is 3.48. The predicted molar refractivity (Wildman–Crippen MR) is 132 cm³/mol.